The molecule has 0 saturated heterocycles. The Kier molecular flexibility index (Phi) is 9.51. The number of nitrogens with zero attached hydrogens (tertiary/aromatic N) is 4. The summed E-state index contributed by atoms with van der Waals surface area (Å²) in [6.07, 6.45) is 1.86. The van der Waals surface area contributed by atoms with Crippen molar-refractivity contribution in [3.05, 3.63) is 118 Å². The molecule has 10 heteroatoms. The van der Waals surface area contributed by atoms with Crippen LogP contribution in [0.25, 0.3) is 10.4 Å². The highest BCUT2D eigenvalue weighted by molar-refractivity contribution is 6.01. The van der Waals surface area contributed by atoms with Crippen LogP contribution < -0.4 is 10.1 Å². The number of aliphatic hydroxyl groups is 1. The molecule has 2 atom stereocenters. The van der Waals surface area contributed by atoms with Gasteiger partial charge in [0.25, 0.3) is 5.91 Å². The van der Waals surface area contributed by atoms with Crippen LogP contribution in [0.15, 0.2) is 95.6 Å². The fourth-order valence-corrected chi connectivity index (χ4v) is 4.49. The van der Waals surface area contributed by atoms with Gasteiger partial charge in [0.2, 0.25) is 5.90 Å². The van der Waals surface area contributed by atoms with E-state index in [1.54, 1.807) is 66.7 Å². The third kappa shape index (κ3) is 6.48. The molecule has 1 aliphatic rings. The van der Waals surface area contributed by atoms with Crippen LogP contribution in [0.3, 0.4) is 0 Å². The Morgan fingerprint density at radius 3 is 2.65 bits per heavy atom. The van der Waals surface area contributed by atoms with Gasteiger partial charge in [0.15, 0.2) is 11.6 Å². The number of rotatable bonds is 13. The first-order valence-corrected chi connectivity index (χ1v) is 12.9. The number of hydrogen-bond donors (Lipinski definition) is 2. The Labute approximate surface area is 231 Å². The number of amides is 1. The highest BCUT2D eigenvalue weighted by Gasteiger charge is 2.52. The molecular formula is C30H30FN5O4. The number of azide groups is 1. The molecule has 206 valence electrons. The van der Waals surface area contributed by atoms with Crippen LogP contribution >= 0.6 is 0 Å². The highest BCUT2D eigenvalue weighted by Crippen LogP contribution is 2.45. The molecule has 3 aromatic rings. The minimum Gasteiger partial charge on any atom is -0.494 e. The van der Waals surface area contributed by atoms with Crippen molar-refractivity contribution in [3.8, 4) is 5.75 Å². The lowest BCUT2D eigenvalue weighted by Gasteiger charge is -2.30. The number of hydrogen-bond acceptors (Lipinski definition) is 6. The van der Waals surface area contributed by atoms with Gasteiger partial charge in [-0.1, -0.05) is 47.6 Å². The smallest absolute Gasteiger partial charge is 0.252 e. The zero-order chi connectivity index (χ0) is 28.4. The fourth-order valence-electron chi connectivity index (χ4n) is 4.49. The lowest BCUT2D eigenvalue weighted by molar-refractivity contribution is -0.128. The second-order valence-electron chi connectivity index (χ2n) is 9.16. The van der Waals surface area contributed by atoms with Gasteiger partial charge in [0, 0.05) is 47.7 Å². The number of nitrogens with one attached hydrogen (secondary N) is 1. The fraction of sp³-hybridized carbons (Fsp3) is 0.267. The molecule has 3 aromatic carbocycles. The number of aliphatic imine (C=N–C) groups is 1. The quantitative estimate of drug-likeness (QED) is 0.0939. The largest absolute Gasteiger partial charge is 0.494 e. The summed E-state index contributed by atoms with van der Waals surface area (Å²) in [7, 11) is 0. The summed E-state index contributed by atoms with van der Waals surface area (Å²) >= 11 is 0. The van der Waals surface area contributed by atoms with Crippen molar-refractivity contribution in [2.75, 3.05) is 19.8 Å². The predicted molar refractivity (Wildman–Crippen MR) is 150 cm³/mol. The van der Waals surface area contributed by atoms with Crippen molar-refractivity contribution in [3.63, 3.8) is 0 Å². The molecule has 0 bridgehead atoms. The van der Waals surface area contributed by atoms with E-state index in [0.717, 1.165) is 5.56 Å². The number of aliphatic hydroxyl groups excluding tert-OH is 1. The van der Waals surface area contributed by atoms with Gasteiger partial charge in [-0.15, -0.1) is 6.58 Å². The zero-order valence-electron chi connectivity index (χ0n) is 21.9. The minimum atomic E-state index is -1.43. The molecule has 1 aliphatic heterocycles. The third-order valence-electron chi connectivity index (χ3n) is 6.47. The van der Waals surface area contributed by atoms with E-state index >= 15 is 0 Å². The molecule has 1 heterocycles. The topological polar surface area (TPSA) is 129 Å². The van der Waals surface area contributed by atoms with Crippen LogP contribution in [0, 0.1) is 5.82 Å². The van der Waals surface area contributed by atoms with E-state index in [4.69, 9.17) is 25.1 Å². The van der Waals surface area contributed by atoms with Gasteiger partial charge in [0.05, 0.1) is 6.61 Å². The molecule has 40 heavy (non-hydrogen) atoms. The van der Waals surface area contributed by atoms with Crippen molar-refractivity contribution in [1.82, 2.24) is 5.32 Å². The number of halogens is 1. The van der Waals surface area contributed by atoms with Crippen molar-refractivity contribution in [2.24, 2.45) is 10.1 Å². The summed E-state index contributed by atoms with van der Waals surface area (Å²) in [5, 5.41) is 15.8. The SMILES string of the molecule is C=CC[C@@]1(C(=O)NCCc2ccc(F)cc2)N=C(c2ccc(OCCCO)cc2)O[C@@H]1c1ccccc1N=[N+]=[N-]. The van der Waals surface area contributed by atoms with Crippen LogP contribution in [0.1, 0.15) is 35.6 Å². The van der Waals surface area contributed by atoms with E-state index in [2.05, 4.69) is 21.9 Å². The third-order valence-corrected chi connectivity index (χ3v) is 6.47. The Balaban J connectivity index is 1.67. The standard InChI is InChI=1S/C30H30FN5O4/c1-2-17-30(29(38)33-18-16-21-8-12-23(31)13-9-21)27(25-6-3-4-7-26(25)35-36-32)40-28(34-30)22-10-14-24(15-11-22)39-20-5-19-37/h2-4,6-15,27,37H,1,5,16-20H2,(H,33,38)/t27-,30-/m1/s1. The summed E-state index contributed by atoms with van der Waals surface area (Å²) in [4.78, 5) is 21.7. The van der Waals surface area contributed by atoms with Crippen molar-refractivity contribution < 1.29 is 23.8 Å². The Bertz CT molecular complexity index is 1400. The Morgan fingerprint density at radius 2 is 1.95 bits per heavy atom. The maximum absolute atomic E-state index is 13.9. The summed E-state index contributed by atoms with van der Waals surface area (Å²) in [5.74, 6) is 0.165. The van der Waals surface area contributed by atoms with Crippen molar-refractivity contribution >= 4 is 17.5 Å². The van der Waals surface area contributed by atoms with Gasteiger partial charge >= 0.3 is 0 Å². The molecule has 2 N–H and O–H groups in total. The summed E-state index contributed by atoms with van der Waals surface area (Å²) in [6.45, 7) is 4.57. The van der Waals surface area contributed by atoms with E-state index in [-0.39, 0.29) is 30.6 Å². The summed E-state index contributed by atoms with van der Waals surface area (Å²) in [5.41, 5.74) is 10.1. The van der Waals surface area contributed by atoms with Gasteiger partial charge in [-0.2, -0.15) is 0 Å². The highest BCUT2D eigenvalue weighted by atomic mass is 19.1. The van der Waals surface area contributed by atoms with E-state index in [9.17, 15) is 9.18 Å². The number of benzene rings is 3. The molecule has 9 nitrogen and oxygen atoms in total. The summed E-state index contributed by atoms with van der Waals surface area (Å²) in [6, 6.07) is 20.1. The number of carbonyl (C=O) groups is 1. The zero-order valence-corrected chi connectivity index (χ0v) is 21.9. The predicted octanol–water partition coefficient (Wildman–Crippen LogP) is 5.72. The molecule has 4 rings (SSSR count). The van der Waals surface area contributed by atoms with Crippen LogP contribution in [0.4, 0.5) is 10.1 Å². The molecule has 0 spiro atoms. The van der Waals surface area contributed by atoms with Gasteiger partial charge in [0.1, 0.15) is 11.6 Å². The lowest BCUT2D eigenvalue weighted by atomic mass is 9.83. The molecule has 0 aromatic heterocycles. The average molecular weight is 544 g/mol. The van der Waals surface area contributed by atoms with Crippen LogP contribution in [-0.4, -0.2) is 42.2 Å². The van der Waals surface area contributed by atoms with Gasteiger partial charge in [-0.05, 0) is 53.9 Å². The van der Waals surface area contributed by atoms with Gasteiger partial charge in [-0.3, -0.25) is 4.79 Å². The minimum absolute atomic E-state index is 0.0405. The molecule has 0 radical (unpaired) electrons. The lowest BCUT2D eigenvalue weighted by Crippen LogP contribution is -2.48. The van der Waals surface area contributed by atoms with Crippen LogP contribution in [0.2, 0.25) is 0 Å². The number of carbonyl (C=O) groups excluding carboxylic acids is 1. The second kappa shape index (κ2) is 13.4. The Morgan fingerprint density at radius 1 is 1.20 bits per heavy atom. The number of ether oxygens (including phenoxy) is 2. The maximum Gasteiger partial charge on any atom is 0.252 e. The monoisotopic (exact) mass is 543 g/mol. The normalized spacial score (nSPS) is 17.8. The van der Waals surface area contributed by atoms with Crippen molar-refractivity contribution in [1.29, 1.82) is 0 Å². The molecule has 1 amide bonds. The molecule has 0 unspecified atom stereocenters. The van der Waals surface area contributed by atoms with Crippen molar-refractivity contribution in [2.45, 2.75) is 30.9 Å². The average Bonchev–Trinajstić information content (AvgIpc) is 3.35. The van der Waals surface area contributed by atoms with Gasteiger partial charge < -0.3 is 19.9 Å². The van der Waals surface area contributed by atoms with E-state index in [1.807, 2.05) is 0 Å². The van der Waals surface area contributed by atoms with Crippen LogP contribution in [-0.2, 0) is 16.0 Å². The maximum atomic E-state index is 13.9. The van der Waals surface area contributed by atoms with E-state index in [0.29, 0.717) is 48.6 Å². The van der Waals surface area contributed by atoms with E-state index < -0.39 is 11.6 Å². The van der Waals surface area contributed by atoms with Crippen LogP contribution in [0.5, 0.6) is 5.75 Å². The first-order valence-electron chi connectivity index (χ1n) is 12.9. The molecule has 0 aliphatic carbocycles. The Hall–Kier alpha value is -4.66. The first-order chi connectivity index (χ1) is 19.5. The molecule has 0 fully saturated rings. The first kappa shape index (κ1) is 28.4. The van der Waals surface area contributed by atoms with E-state index in [1.165, 1.54) is 12.1 Å². The summed E-state index contributed by atoms with van der Waals surface area (Å²) < 4.78 is 25.3. The second-order valence-corrected chi connectivity index (χ2v) is 9.16. The van der Waals surface area contributed by atoms with Gasteiger partial charge in [-0.25, -0.2) is 9.38 Å². The molecule has 0 saturated carbocycles. The molecular weight excluding hydrogens is 513 g/mol.